The molecule has 2 heterocycles. The van der Waals surface area contributed by atoms with E-state index in [1.54, 1.807) is 12.1 Å². The number of rotatable bonds is 7. The molecule has 2 amide bonds. The van der Waals surface area contributed by atoms with E-state index in [2.05, 4.69) is 43.2 Å². The number of non-ortho nitro benzene ring substituents is 1. The maximum Gasteiger partial charge on any atom is 0.271 e. The number of fused-ring (bicyclic) bond motifs is 1. The van der Waals surface area contributed by atoms with E-state index in [1.165, 1.54) is 29.9 Å². The number of nitro groups is 1. The summed E-state index contributed by atoms with van der Waals surface area (Å²) in [5.74, 6) is 0.0520. The lowest BCUT2D eigenvalue weighted by atomic mass is 9.72. The van der Waals surface area contributed by atoms with Gasteiger partial charge in [-0.3, -0.25) is 24.6 Å². The SMILES string of the molecule is CC[C@H]1CCCCN1CC(=O)Nc1sc2c(c1C(=O)Nc1cccc([N+](=O)[O-])c1)CC[C@@H](C(C)(C)C)C2. The highest BCUT2D eigenvalue weighted by atomic mass is 32.1. The second-order valence-electron chi connectivity index (χ2n) is 11.4. The fourth-order valence-electron chi connectivity index (χ4n) is 5.63. The van der Waals surface area contributed by atoms with E-state index < -0.39 is 4.92 Å². The van der Waals surface area contributed by atoms with Crippen LogP contribution < -0.4 is 10.6 Å². The molecule has 200 valence electrons. The number of thiophene rings is 1. The van der Waals surface area contributed by atoms with Crippen LogP contribution in [0.15, 0.2) is 24.3 Å². The average molecular weight is 527 g/mol. The summed E-state index contributed by atoms with van der Waals surface area (Å²) < 4.78 is 0. The molecule has 4 rings (SSSR count). The maximum atomic E-state index is 13.6. The van der Waals surface area contributed by atoms with Gasteiger partial charge in [-0.15, -0.1) is 11.3 Å². The Morgan fingerprint density at radius 3 is 2.68 bits per heavy atom. The molecule has 0 bridgehead atoms. The van der Waals surface area contributed by atoms with Gasteiger partial charge in [0.1, 0.15) is 5.00 Å². The van der Waals surface area contributed by atoms with Crippen LogP contribution in [0.25, 0.3) is 0 Å². The Labute approximate surface area is 223 Å². The Morgan fingerprint density at radius 1 is 1.19 bits per heavy atom. The lowest BCUT2D eigenvalue weighted by Gasteiger charge is -2.34. The number of likely N-dealkylation sites (tertiary alicyclic amines) is 1. The van der Waals surface area contributed by atoms with E-state index in [0.717, 1.165) is 55.5 Å². The molecule has 8 nitrogen and oxygen atoms in total. The van der Waals surface area contributed by atoms with Crippen molar-refractivity contribution in [3.63, 3.8) is 0 Å². The lowest BCUT2D eigenvalue weighted by molar-refractivity contribution is -0.384. The Kier molecular flexibility index (Phi) is 8.33. The van der Waals surface area contributed by atoms with Crippen LogP contribution in [0.1, 0.15) is 80.6 Å². The van der Waals surface area contributed by atoms with Gasteiger partial charge >= 0.3 is 0 Å². The van der Waals surface area contributed by atoms with Gasteiger partial charge in [0.2, 0.25) is 5.91 Å². The van der Waals surface area contributed by atoms with Gasteiger partial charge < -0.3 is 10.6 Å². The quantitative estimate of drug-likeness (QED) is 0.327. The molecule has 1 saturated heterocycles. The van der Waals surface area contributed by atoms with E-state index in [0.29, 0.717) is 34.8 Å². The van der Waals surface area contributed by atoms with Crippen LogP contribution in [0, 0.1) is 21.4 Å². The molecular weight excluding hydrogens is 488 g/mol. The minimum atomic E-state index is -0.482. The van der Waals surface area contributed by atoms with Gasteiger partial charge in [0.25, 0.3) is 11.6 Å². The van der Waals surface area contributed by atoms with E-state index in [-0.39, 0.29) is 22.9 Å². The number of nitrogens with zero attached hydrogens (tertiary/aromatic N) is 2. The van der Waals surface area contributed by atoms with Crippen LogP contribution in [0.5, 0.6) is 0 Å². The molecule has 37 heavy (non-hydrogen) atoms. The lowest BCUT2D eigenvalue weighted by Crippen LogP contribution is -2.43. The highest BCUT2D eigenvalue weighted by molar-refractivity contribution is 7.17. The topological polar surface area (TPSA) is 105 Å². The first-order chi connectivity index (χ1) is 17.6. The molecule has 1 aliphatic carbocycles. The summed E-state index contributed by atoms with van der Waals surface area (Å²) >= 11 is 1.51. The predicted octanol–water partition coefficient (Wildman–Crippen LogP) is 6.26. The minimum Gasteiger partial charge on any atom is -0.322 e. The van der Waals surface area contributed by atoms with Crippen LogP contribution in [-0.4, -0.2) is 40.8 Å². The summed E-state index contributed by atoms with van der Waals surface area (Å²) in [6.45, 7) is 10.1. The Morgan fingerprint density at radius 2 is 1.97 bits per heavy atom. The van der Waals surface area contributed by atoms with Gasteiger partial charge in [-0.2, -0.15) is 0 Å². The van der Waals surface area contributed by atoms with Crippen molar-refractivity contribution in [1.82, 2.24) is 4.90 Å². The number of piperidine rings is 1. The molecule has 1 aromatic heterocycles. The normalized spacial score (nSPS) is 20.2. The largest absolute Gasteiger partial charge is 0.322 e. The van der Waals surface area contributed by atoms with Crippen molar-refractivity contribution in [2.45, 2.75) is 78.7 Å². The van der Waals surface area contributed by atoms with E-state index >= 15 is 0 Å². The molecule has 0 unspecified atom stereocenters. The molecular formula is C28H38N4O4S. The van der Waals surface area contributed by atoms with Crippen LogP contribution in [0.2, 0.25) is 0 Å². The highest BCUT2D eigenvalue weighted by Crippen LogP contribution is 2.44. The van der Waals surface area contributed by atoms with Crippen molar-refractivity contribution < 1.29 is 14.5 Å². The third-order valence-corrected chi connectivity index (χ3v) is 9.02. The van der Waals surface area contributed by atoms with E-state index in [1.807, 2.05) is 0 Å². The second kappa shape index (κ2) is 11.3. The van der Waals surface area contributed by atoms with Crippen molar-refractivity contribution in [3.8, 4) is 0 Å². The molecule has 0 radical (unpaired) electrons. The Balaban J connectivity index is 1.60. The minimum absolute atomic E-state index is 0.0845. The van der Waals surface area contributed by atoms with Crippen molar-refractivity contribution in [3.05, 3.63) is 50.4 Å². The van der Waals surface area contributed by atoms with Gasteiger partial charge in [0.15, 0.2) is 0 Å². The first-order valence-electron chi connectivity index (χ1n) is 13.3. The Hall–Kier alpha value is -2.78. The molecule has 0 spiro atoms. The Bertz CT molecular complexity index is 1170. The first kappa shape index (κ1) is 27.3. The zero-order valence-electron chi connectivity index (χ0n) is 22.3. The van der Waals surface area contributed by atoms with Gasteiger partial charge in [0, 0.05) is 28.7 Å². The van der Waals surface area contributed by atoms with Gasteiger partial charge in [0.05, 0.1) is 17.0 Å². The number of nitrogens with one attached hydrogen (secondary N) is 2. The first-order valence-corrected chi connectivity index (χ1v) is 14.1. The van der Waals surface area contributed by atoms with Crippen LogP contribution in [0.4, 0.5) is 16.4 Å². The molecule has 1 fully saturated rings. The average Bonchev–Trinajstić information content (AvgIpc) is 3.20. The molecule has 2 aliphatic rings. The summed E-state index contributed by atoms with van der Waals surface area (Å²) in [5.41, 5.74) is 1.92. The fraction of sp³-hybridized carbons (Fsp3) is 0.571. The second-order valence-corrected chi connectivity index (χ2v) is 12.5. The zero-order chi connectivity index (χ0) is 26.7. The number of carbonyl (C=O) groups excluding carboxylic acids is 2. The molecule has 9 heteroatoms. The molecule has 2 atom stereocenters. The van der Waals surface area contributed by atoms with Crippen LogP contribution >= 0.6 is 11.3 Å². The van der Waals surface area contributed by atoms with Crippen molar-refractivity contribution in [2.75, 3.05) is 23.7 Å². The molecule has 2 aromatic rings. The molecule has 1 aliphatic heterocycles. The highest BCUT2D eigenvalue weighted by Gasteiger charge is 2.34. The van der Waals surface area contributed by atoms with Gasteiger partial charge in [-0.05, 0) is 68.0 Å². The molecule has 2 N–H and O–H groups in total. The zero-order valence-corrected chi connectivity index (χ0v) is 23.1. The number of anilines is 2. The monoisotopic (exact) mass is 526 g/mol. The van der Waals surface area contributed by atoms with E-state index in [9.17, 15) is 19.7 Å². The number of amides is 2. The third-order valence-electron chi connectivity index (χ3n) is 7.85. The van der Waals surface area contributed by atoms with Gasteiger partial charge in [-0.25, -0.2) is 0 Å². The number of hydrogen-bond acceptors (Lipinski definition) is 6. The maximum absolute atomic E-state index is 13.6. The number of nitro benzene ring substituents is 1. The third kappa shape index (κ3) is 6.38. The van der Waals surface area contributed by atoms with Crippen molar-refractivity contribution >= 4 is 39.5 Å². The molecule has 0 saturated carbocycles. The standard InChI is InChI=1S/C28H38N4O4S/c1-5-20-10-6-7-14-31(20)17-24(33)30-27-25(22-13-12-18(28(2,3)4)15-23(22)37-27)26(34)29-19-9-8-11-21(16-19)32(35)36/h8-9,11,16,18,20H,5-7,10,12-15,17H2,1-4H3,(H,29,34)(H,30,33)/t18-,20+/m1/s1. The van der Waals surface area contributed by atoms with Crippen LogP contribution in [0.3, 0.4) is 0 Å². The van der Waals surface area contributed by atoms with Crippen molar-refractivity contribution in [1.29, 1.82) is 0 Å². The summed E-state index contributed by atoms with van der Waals surface area (Å²) in [6.07, 6.45) is 7.05. The summed E-state index contributed by atoms with van der Waals surface area (Å²) in [5, 5.41) is 17.7. The molecule has 1 aromatic carbocycles. The number of benzene rings is 1. The smallest absolute Gasteiger partial charge is 0.271 e. The summed E-state index contributed by atoms with van der Waals surface area (Å²) in [6, 6.07) is 6.35. The van der Waals surface area contributed by atoms with Gasteiger partial charge in [-0.1, -0.05) is 40.2 Å². The number of carbonyl (C=O) groups is 2. The number of hydrogen-bond donors (Lipinski definition) is 2. The summed E-state index contributed by atoms with van der Waals surface area (Å²) in [7, 11) is 0. The summed E-state index contributed by atoms with van der Waals surface area (Å²) in [4.78, 5) is 40.9. The van der Waals surface area contributed by atoms with Crippen LogP contribution in [-0.2, 0) is 17.6 Å². The predicted molar refractivity (Wildman–Crippen MR) is 148 cm³/mol. The van der Waals surface area contributed by atoms with E-state index in [4.69, 9.17) is 0 Å². The van der Waals surface area contributed by atoms with Crippen molar-refractivity contribution in [2.24, 2.45) is 11.3 Å². The fourth-order valence-corrected chi connectivity index (χ4v) is 6.97.